The summed E-state index contributed by atoms with van der Waals surface area (Å²) in [6, 6.07) is 11.7. The van der Waals surface area contributed by atoms with E-state index in [1.807, 2.05) is 19.9 Å². The van der Waals surface area contributed by atoms with Crippen LogP contribution in [0, 0.1) is 5.92 Å². The van der Waals surface area contributed by atoms with E-state index in [0.29, 0.717) is 0 Å². The van der Waals surface area contributed by atoms with E-state index in [1.165, 1.54) is 11.6 Å². The fraction of sp³-hybridized carbons (Fsp3) is 0.286. The lowest BCUT2D eigenvalue weighted by molar-refractivity contribution is -0.137. The zero-order valence-corrected chi connectivity index (χ0v) is 18.5. The van der Waals surface area contributed by atoms with Crippen molar-refractivity contribution in [1.29, 1.82) is 0 Å². The number of sulfonamides is 1. The average Bonchev–Trinajstić information content (AvgIpc) is 3.26. The number of thiazole rings is 1. The number of alkyl halides is 3. The van der Waals surface area contributed by atoms with Gasteiger partial charge in [0.25, 0.3) is 10.0 Å². The molecule has 0 N–H and O–H groups in total. The normalized spacial score (nSPS) is 12.2. The summed E-state index contributed by atoms with van der Waals surface area (Å²) >= 11 is 0.942. The van der Waals surface area contributed by atoms with Crippen molar-refractivity contribution >= 4 is 27.0 Å². The zero-order chi connectivity index (χ0) is 22.6. The van der Waals surface area contributed by atoms with Gasteiger partial charge in [-0.1, -0.05) is 44.2 Å². The van der Waals surface area contributed by atoms with E-state index in [0.717, 1.165) is 39.4 Å². The van der Waals surface area contributed by atoms with Gasteiger partial charge < -0.3 is 4.74 Å². The molecule has 0 fully saturated rings. The molecule has 0 saturated carbocycles. The second-order valence-corrected chi connectivity index (χ2v) is 10.1. The molecule has 0 spiro atoms. The van der Waals surface area contributed by atoms with Gasteiger partial charge in [0.1, 0.15) is 12.4 Å². The molecule has 31 heavy (non-hydrogen) atoms. The van der Waals surface area contributed by atoms with Crippen LogP contribution in [-0.2, 0) is 22.8 Å². The van der Waals surface area contributed by atoms with Crippen molar-refractivity contribution in [3.63, 3.8) is 0 Å². The summed E-state index contributed by atoms with van der Waals surface area (Å²) in [5, 5.41) is 1.53. The second-order valence-electron chi connectivity index (χ2n) is 7.18. The summed E-state index contributed by atoms with van der Waals surface area (Å²) in [4.78, 5) is 3.89. The van der Waals surface area contributed by atoms with Crippen molar-refractivity contribution in [2.24, 2.45) is 5.92 Å². The molecule has 0 atom stereocenters. The van der Waals surface area contributed by atoms with Gasteiger partial charge in [-0.05, 0) is 29.7 Å². The predicted molar refractivity (Wildman–Crippen MR) is 114 cm³/mol. The van der Waals surface area contributed by atoms with Crippen LogP contribution in [0.5, 0.6) is 5.75 Å². The van der Waals surface area contributed by atoms with Gasteiger partial charge in [-0.25, -0.2) is 4.98 Å². The topological polar surface area (TPSA) is 59.5 Å². The minimum absolute atomic E-state index is 0.0119. The molecule has 166 valence electrons. The summed E-state index contributed by atoms with van der Waals surface area (Å²) in [5.74, 6) is -0.265. The molecule has 0 amide bonds. The molecule has 1 heterocycles. The van der Waals surface area contributed by atoms with Crippen LogP contribution in [0.4, 0.5) is 18.9 Å². The molecule has 3 aromatic rings. The Bertz CT molecular complexity index is 1100. The number of ether oxygens (including phenoxy) is 1. The van der Waals surface area contributed by atoms with Crippen molar-refractivity contribution in [1.82, 2.24) is 4.98 Å². The molecular weight excluding hydrogens is 449 g/mol. The summed E-state index contributed by atoms with van der Waals surface area (Å²) in [6.07, 6.45) is -3.23. The Kier molecular flexibility index (Phi) is 6.90. The highest BCUT2D eigenvalue weighted by molar-refractivity contribution is 7.94. The van der Waals surface area contributed by atoms with E-state index in [9.17, 15) is 21.6 Å². The second kappa shape index (κ2) is 9.27. The maximum atomic E-state index is 13.3. The Morgan fingerprint density at radius 2 is 1.84 bits per heavy atom. The first-order chi connectivity index (χ1) is 14.6. The molecule has 1 aromatic heterocycles. The highest BCUT2D eigenvalue weighted by Crippen LogP contribution is 2.39. The van der Waals surface area contributed by atoms with Crippen molar-refractivity contribution in [2.75, 3.05) is 10.8 Å². The van der Waals surface area contributed by atoms with Crippen LogP contribution in [0.1, 0.15) is 25.0 Å². The molecule has 0 aliphatic heterocycles. The van der Waals surface area contributed by atoms with Gasteiger partial charge in [-0.2, -0.15) is 21.6 Å². The van der Waals surface area contributed by atoms with Crippen LogP contribution in [0.3, 0.4) is 0 Å². The van der Waals surface area contributed by atoms with Crippen LogP contribution in [-0.4, -0.2) is 19.9 Å². The van der Waals surface area contributed by atoms with E-state index in [1.54, 1.807) is 24.3 Å². The maximum absolute atomic E-state index is 13.3. The van der Waals surface area contributed by atoms with Crippen LogP contribution >= 0.6 is 11.3 Å². The lowest BCUT2D eigenvalue weighted by Gasteiger charge is -2.27. The number of anilines is 1. The monoisotopic (exact) mass is 470 g/mol. The first kappa shape index (κ1) is 23.1. The van der Waals surface area contributed by atoms with Crippen LogP contribution in [0.25, 0.3) is 0 Å². The SMILES string of the molecule is CC(C)CN(c1ccc(C(F)(F)F)cc1OCc1ccccc1)S(=O)(=O)c1nccs1. The summed E-state index contributed by atoms with van der Waals surface area (Å²) in [6.45, 7) is 3.68. The maximum Gasteiger partial charge on any atom is 0.416 e. The van der Waals surface area contributed by atoms with E-state index in [2.05, 4.69) is 4.98 Å². The number of aromatic nitrogens is 1. The minimum atomic E-state index is -4.60. The fourth-order valence-corrected chi connectivity index (χ4v) is 5.41. The lowest BCUT2D eigenvalue weighted by atomic mass is 10.1. The molecule has 3 rings (SSSR count). The van der Waals surface area contributed by atoms with Crippen molar-refractivity contribution in [3.8, 4) is 5.75 Å². The van der Waals surface area contributed by atoms with Crippen molar-refractivity contribution < 1.29 is 26.3 Å². The number of benzene rings is 2. The van der Waals surface area contributed by atoms with Crippen molar-refractivity contribution in [3.05, 3.63) is 71.2 Å². The number of rotatable bonds is 8. The molecule has 0 unspecified atom stereocenters. The standard InChI is InChI=1S/C21H21F3N2O3S2/c1-15(2)13-26(31(27,28)20-25-10-11-30-20)18-9-8-17(21(22,23)24)12-19(18)29-14-16-6-4-3-5-7-16/h3-12,15H,13-14H2,1-2H3. The highest BCUT2D eigenvalue weighted by atomic mass is 32.2. The zero-order valence-electron chi connectivity index (χ0n) is 16.8. The number of hydrogen-bond acceptors (Lipinski definition) is 5. The number of nitrogens with zero attached hydrogens (tertiary/aromatic N) is 2. The summed E-state index contributed by atoms with van der Waals surface area (Å²) < 4.78 is 73.1. The highest BCUT2D eigenvalue weighted by Gasteiger charge is 2.34. The molecule has 0 aliphatic carbocycles. The van der Waals surface area contributed by atoms with E-state index in [-0.39, 0.29) is 34.8 Å². The smallest absolute Gasteiger partial charge is 0.416 e. The van der Waals surface area contributed by atoms with Gasteiger partial charge in [0.2, 0.25) is 4.34 Å². The van der Waals surface area contributed by atoms with E-state index in [4.69, 9.17) is 4.74 Å². The Morgan fingerprint density at radius 1 is 1.13 bits per heavy atom. The Morgan fingerprint density at radius 3 is 2.42 bits per heavy atom. The largest absolute Gasteiger partial charge is 0.487 e. The molecule has 0 radical (unpaired) electrons. The first-order valence-corrected chi connectivity index (χ1v) is 11.7. The average molecular weight is 471 g/mol. The van der Waals surface area contributed by atoms with Gasteiger partial charge in [-0.3, -0.25) is 4.31 Å². The van der Waals surface area contributed by atoms with Crippen LogP contribution in [0.2, 0.25) is 0 Å². The van der Waals surface area contributed by atoms with Crippen molar-refractivity contribution in [2.45, 2.75) is 31.0 Å². The van der Waals surface area contributed by atoms with E-state index >= 15 is 0 Å². The third kappa shape index (κ3) is 5.56. The quantitative estimate of drug-likeness (QED) is 0.431. The predicted octanol–water partition coefficient (Wildman–Crippen LogP) is 5.59. The number of halogens is 3. The van der Waals surface area contributed by atoms with Gasteiger partial charge in [0, 0.05) is 18.1 Å². The third-order valence-electron chi connectivity index (χ3n) is 4.24. The summed E-state index contributed by atoms with van der Waals surface area (Å²) in [7, 11) is -4.08. The molecule has 5 nitrogen and oxygen atoms in total. The molecule has 0 bridgehead atoms. The van der Waals surface area contributed by atoms with Gasteiger partial charge >= 0.3 is 6.18 Å². The number of hydrogen-bond donors (Lipinski definition) is 0. The Balaban J connectivity index is 2.08. The first-order valence-electron chi connectivity index (χ1n) is 9.39. The molecule has 10 heteroatoms. The van der Waals surface area contributed by atoms with Gasteiger partial charge in [0.05, 0.1) is 11.3 Å². The minimum Gasteiger partial charge on any atom is -0.487 e. The molecular formula is C21H21F3N2O3S2. The summed E-state index contributed by atoms with van der Waals surface area (Å²) in [5.41, 5.74) is -0.146. The molecule has 0 aliphatic rings. The fourth-order valence-electron chi connectivity index (χ4n) is 2.84. The molecule has 0 saturated heterocycles. The Hall–Kier alpha value is -2.59. The van der Waals surface area contributed by atoms with Gasteiger partial charge in [0.15, 0.2) is 0 Å². The lowest BCUT2D eigenvalue weighted by Crippen LogP contribution is -2.34. The molecule has 2 aromatic carbocycles. The van der Waals surface area contributed by atoms with Crippen LogP contribution < -0.4 is 9.04 Å². The third-order valence-corrected chi connectivity index (χ3v) is 7.20. The van der Waals surface area contributed by atoms with Crippen LogP contribution in [0.15, 0.2) is 64.4 Å². The van der Waals surface area contributed by atoms with Gasteiger partial charge in [-0.15, -0.1) is 11.3 Å². The van der Waals surface area contributed by atoms with E-state index < -0.39 is 21.8 Å². The Labute approximate surface area is 183 Å².